The van der Waals surface area contributed by atoms with Crippen LogP contribution in [0.3, 0.4) is 0 Å². The smallest absolute Gasteiger partial charge is 0.222 e. The number of carbonyl (C=O) groups excluding carboxylic acids is 1. The normalized spacial score (nSPS) is 29.4. The first-order valence-corrected chi connectivity index (χ1v) is 9.79. The van der Waals surface area contributed by atoms with Crippen LogP contribution in [0.15, 0.2) is 12.4 Å². The third-order valence-corrected chi connectivity index (χ3v) is 5.90. The van der Waals surface area contributed by atoms with Crippen LogP contribution in [0.2, 0.25) is 0 Å². The van der Waals surface area contributed by atoms with Crippen LogP contribution in [0.1, 0.15) is 44.6 Å². The molecule has 3 saturated heterocycles. The van der Waals surface area contributed by atoms with E-state index in [1.807, 2.05) is 12.4 Å². The molecule has 6 heteroatoms. The molecule has 1 aromatic heterocycles. The van der Waals surface area contributed by atoms with Crippen LogP contribution in [-0.4, -0.2) is 57.9 Å². The second-order valence-electron chi connectivity index (χ2n) is 7.90. The number of nitrogens with one attached hydrogen (secondary N) is 1. The molecule has 3 fully saturated rings. The summed E-state index contributed by atoms with van der Waals surface area (Å²) < 4.78 is 0. The van der Waals surface area contributed by atoms with E-state index in [2.05, 4.69) is 32.0 Å². The van der Waals surface area contributed by atoms with Gasteiger partial charge in [0.25, 0.3) is 0 Å². The van der Waals surface area contributed by atoms with E-state index in [0.717, 1.165) is 57.9 Å². The minimum Gasteiger partial charge on any atom is -0.354 e. The van der Waals surface area contributed by atoms with Gasteiger partial charge in [0.1, 0.15) is 0 Å². The minimum absolute atomic E-state index is 0.392. The van der Waals surface area contributed by atoms with Crippen LogP contribution in [-0.2, 0) is 11.3 Å². The predicted octanol–water partition coefficient (Wildman–Crippen LogP) is 2.13. The van der Waals surface area contributed by atoms with Gasteiger partial charge < -0.3 is 10.2 Å². The van der Waals surface area contributed by atoms with Crippen LogP contribution >= 0.6 is 0 Å². The van der Waals surface area contributed by atoms with Gasteiger partial charge in [-0.2, -0.15) is 0 Å². The third kappa shape index (κ3) is 3.64. The van der Waals surface area contributed by atoms with Gasteiger partial charge in [-0.25, -0.2) is 9.97 Å². The van der Waals surface area contributed by atoms with Crippen LogP contribution < -0.4 is 5.32 Å². The van der Waals surface area contributed by atoms with E-state index < -0.39 is 0 Å². The van der Waals surface area contributed by atoms with Crippen molar-refractivity contribution in [2.75, 3.05) is 31.5 Å². The van der Waals surface area contributed by atoms with Crippen LogP contribution in [0, 0.1) is 11.8 Å². The number of piperidine rings is 3. The van der Waals surface area contributed by atoms with Crippen LogP contribution in [0.4, 0.5) is 5.95 Å². The van der Waals surface area contributed by atoms with Crippen molar-refractivity contribution in [2.24, 2.45) is 11.8 Å². The molecule has 0 radical (unpaired) electrons. The Kier molecular flexibility index (Phi) is 4.88. The zero-order valence-corrected chi connectivity index (χ0v) is 15.2. The molecule has 136 valence electrons. The van der Waals surface area contributed by atoms with E-state index in [9.17, 15) is 4.79 Å². The molecule has 3 aliphatic rings. The fourth-order valence-electron chi connectivity index (χ4n) is 4.86. The van der Waals surface area contributed by atoms with Crippen molar-refractivity contribution in [2.45, 2.75) is 51.6 Å². The summed E-state index contributed by atoms with van der Waals surface area (Å²) >= 11 is 0. The molecule has 3 aliphatic heterocycles. The number of rotatable bonds is 5. The van der Waals surface area contributed by atoms with Gasteiger partial charge in [-0.15, -0.1) is 0 Å². The van der Waals surface area contributed by atoms with Gasteiger partial charge in [0.2, 0.25) is 11.9 Å². The summed E-state index contributed by atoms with van der Waals surface area (Å²) in [6.45, 7) is 7.11. The Morgan fingerprint density at radius 2 is 2.08 bits per heavy atom. The molecule has 3 atom stereocenters. The molecule has 4 rings (SSSR count). The van der Waals surface area contributed by atoms with E-state index >= 15 is 0 Å². The quantitative estimate of drug-likeness (QED) is 0.887. The Bertz CT molecular complexity index is 604. The van der Waals surface area contributed by atoms with Crippen molar-refractivity contribution in [3.63, 3.8) is 0 Å². The number of carbonyl (C=O) groups is 1. The van der Waals surface area contributed by atoms with Gasteiger partial charge in [-0.3, -0.25) is 9.69 Å². The molecular weight excluding hydrogens is 314 g/mol. The highest BCUT2D eigenvalue weighted by Gasteiger charge is 2.43. The number of hydrogen-bond donors (Lipinski definition) is 1. The number of likely N-dealkylation sites (tertiary alicyclic amines) is 1. The molecule has 2 bridgehead atoms. The second-order valence-corrected chi connectivity index (χ2v) is 7.90. The lowest BCUT2D eigenvalue weighted by atomic mass is 9.76. The molecule has 1 N–H and O–H groups in total. The van der Waals surface area contributed by atoms with E-state index in [1.165, 1.54) is 18.4 Å². The highest BCUT2D eigenvalue weighted by atomic mass is 16.2. The van der Waals surface area contributed by atoms with Gasteiger partial charge in [-0.1, -0.05) is 6.92 Å². The average Bonchev–Trinajstić information content (AvgIpc) is 2.62. The molecule has 0 saturated carbocycles. The predicted molar refractivity (Wildman–Crippen MR) is 97.0 cm³/mol. The van der Waals surface area contributed by atoms with Crippen molar-refractivity contribution in [1.29, 1.82) is 0 Å². The Hall–Kier alpha value is -1.69. The Labute approximate surface area is 150 Å². The van der Waals surface area contributed by atoms with Crippen molar-refractivity contribution >= 4 is 11.9 Å². The summed E-state index contributed by atoms with van der Waals surface area (Å²) in [6.07, 6.45) is 9.29. The molecular formula is C19H29N5O. The number of amides is 1. The molecule has 2 unspecified atom stereocenters. The average molecular weight is 343 g/mol. The summed E-state index contributed by atoms with van der Waals surface area (Å²) in [5.74, 6) is 2.38. The molecule has 4 heterocycles. The highest BCUT2D eigenvalue weighted by Crippen LogP contribution is 2.38. The summed E-state index contributed by atoms with van der Waals surface area (Å²) in [5.41, 5.74) is 1.18. The fourth-order valence-corrected chi connectivity index (χ4v) is 4.86. The van der Waals surface area contributed by atoms with Crippen molar-refractivity contribution in [1.82, 2.24) is 19.8 Å². The van der Waals surface area contributed by atoms with Gasteiger partial charge in [0, 0.05) is 63.1 Å². The van der Waals surface area contributed by atoms with Gasteiger partial charge >= 0.3 is 0 Å². The molecule has 25 heavy (non-hydrogen) atoms. The maximum atomic E-state index is 12.2. The Morgan fingerprint density at radius 1 is 1.24 bits per heavy atom. The van der Waals surface area contributed by atoms with Gasteiger partial charge in [0.15, 0.2) is 0 Å². The van der Waals surface area contributed by atoms with E-state index in [0.29, 0.717) is 23.8 Å². The molecule has 0 aliphatic carbocycles. The number of fused-ring (bicyclic) bond motifs is 4. The second kappa shape index (κ2) is 7.28. The number of nitrogens with zero attached hydrogens (tertiary/aromatic N) is 4. The van der Waals surface area contributed by atoms with Crippen molar-refractivity contribution in [3.8, 4) is 0 Å². The summed E-state index contributed by atoms with van der Waals surface area (Å²) in [4.78, 5) is 25.8. The molecule has 6 nitrogen and oxygen atoms in total. The van der Waals surface area contributed by atoms with E-state index in [4.69, 9.17) is 0 Å². The van der Waals surface area contributed by atoms with Gasteiger partial charge in [-0.05, 0) is 37.5 Å². The summed E-state index contributed by atoms with van der Waals surface area (Å²) in [7, 11) is 0. The fraction of sp³-hybridized carbons (Fsp3) is 0.737. The summed E-state index contributed by atoms with van der Waals surface area (Å²) in [5, 5.41) is 3.22. The maximum absolute atomic E-state index is 12.2. The highest BCUT2D eigenvalue weighted by molar-refractivity contribution is 5.77. The number of hydrogen-bond acceptors (Lipinski definition) is 5. The zero-order chi connectivity index (χ0) is 17.2. The van der Waals surface area contributed by atoms with Crippen molar-refractivity contribution < 1.29 is 4.79 Å². The number of anilines is 1. The standard InChI is InChI=1S/C19H29N5O/c1-2-6-20-19-21-8-15(9-22-19)11-23-10-14-7-16(13-23)17-4-3-5-18(25)24(17)12-14/h8-9,14,16-17H,2-7,10-13H2,1H3,(H,20,21,22)/t14?,16?,17-/m0/s1. The first-order valence-electron chi connectivity index (χ1n) is 9.79. The monoisotopic (exact) mass is 343 g/mol. The first kappa shape index (κ1) is 16.8. The third-order valence-electron chi connectivity index (χ3n) is 5.90. The van der Waals surface area contributed by atoms with Crippen molar-refractivity contribution in [3.05, 3.63) is 18.0 Å². The maximum Gasteiger partial charge on any atom is 0.222 e. The van der Waals surface area contributed by atoms with E-state index in [-0.39, 0.29) is 0 Å². The molecule has 0 aromatic carbocycles. The lowest BCUT2D eigenvalue weighted by molar-refractivity contribution is -0.145. The topological polar surface area (TPSA) is 61.4 Å². The first-order chi connectivity index (χ1) is 12.2. The minimum atomic E-state index is 0.392. The molecule has 1 amide bonds. The number of aromatic nitrogens is 2. The lowest BCUT2D eigenvalue weighted by Gasteiger charge is -2.52. The largest absolute Gasteiger partial charge is 0.354 e. The lowest BCUT2D eigenvalue weighted by Crippen LogP contribution is -2.60. The summed E-state index contributed by atoms with van der Waals surface area (Å²) in [6, 6.07) is 0.483. The molecule has 1 aromatic rings. The van der Waals surface area contributed by atoms with E-state index in [1.54, 1.807) is 0 Å². The SMILES string of the molecule is CCCNc1ncc(CN2CC3CC(C2)[C@@H]2CCCC(=O)N2C3)cn1. The van der Waals surface area contributed by atoms with Crippen LogP contribution in [0.5, 0.6) is 0 Å². The zero-order valence-electron chi connectivity index (χ0n) is 15.2. The Morgan fingerprint density at radius 3 is 2.88 bits per heavy atom. The van der Waals surface area contributed by atoms with Gasteiger partial charge in [0.05, 0.1) is 0 Å². The Balaban J connectivity index is 1.38. The molecule has 0 spiro atoms. The van der Waals surface area contributed by atoms with Crippen LogP contribution in [0.25, 0.3) is 0 Å².